The van der Waals surface area contributed by atoms with Gasteiger partial charge in [-0.15, -0.1) is 0 Å². The molecule has 0 radical (unpaired) electrons. The average molecular weight is 388 g/mol. The van der Waals surface area contributed by atoms with Crippen LogP contribution in [-0.4, -0.2) is 31.4 Å². The molecule has 7 heteroatoms. The zero-order valence-electron chi connectivity index (χ0n) is 14.9. The molecule has 2 aromatic rings. The van der Waals surface area contributed by atoms with Gasteiger partial charge in [-0.05, 0) is 48.9 Å². The zero-order valence-corrected chi connectivity index (χ0v) is 15.6. The summed E-state index contributed by atoms with van der Waals surface area (Å²) in [5.41, 5.74) is 2.44. The first-order valence-corrected chi connectivity index (χ1v) is 8.73. The van der Waals surface area contributed by atoms with Crippen LogP contribution < -0.4 is 10.1 Å². The molecular weight excluding hydrogens is 370 g/mol. The van der Waals surface area contributed by atoms with Gasteiger partial charge >= 0.3 is 5.97 Å². The van der Waals surface area contributed by atoms with Crippen LogP contribution in [0.15, 0.2) is 36.4 Å². The van der Waals surface area contributed by atoms with E-state index in [9.17, 15) is 14.4 Å². The monoisotopic (exact) mass is 387 g/mol. The molecule has 1 N–H and O–H groups in total. The second kappa shape index (κ2) is 7.80. The Labute approximate surface area is 161 Å². The number of anilines is 1. The highest BCUT2D eigenvalue weighted by Gasteiger charge is 2.27. The van der Waals surface area contributed by atoms with E-state index < -0.39 is 5.97 Å². The van der Waals surface area contributed by atoms with Crippen LogP contribution in [0.1, 0.15) is 34.3 Å². The lowest BCUT2D eigenvalue weighted by Gasteiger charge is -2.09. The first-order valence-electron chi connectivity index (χ1n) is 8.35. The third-order valence-corrected chi connectivity index (χ3v) is 4.67. The van der Waals surface area contributed by atoms with Crippen molar-refractivity contribution in [2.75, 3.05) is 19.0 Å². The van der Waals surface area contributed by atoms with Crippen LogP contribution in [0.5, 0.6) is 5.75 Å². The third kappa shape index (κ3) is 4.11. The van der Waals surface area contributed by atoms with Crippen LogP contribution in [0.4, 0.5) is 5.69 Å². The van der Waals surface area contributed by atoms with E-state index in [-0.39, 0.29) is 30.6 Å². The maximum atomic E-state index is 12.3. The van der Waals surface area contributed by atoms with Crippen molar-refractivity contribution in [1.82, 2.24) is 0 Å². The van der Waals surface area contributed by atoms with Crippen LogP contribution in [0.2, 0.25) is 5.02 Å². The number of carbonyl (C=O) groups excluding carboxylic acids is 3. The van der Waals surface area contributed by atoms with Crippen LogP contribution in [-0.2, 0) is 20.7 Å². The van der Waals surface area contributed by atoms with Crippen molar-refractivity contribution in [3.63, 3.8) is 0 Å². The summed E-state index contributed by atoms with van der Waals surface area (Å²) in [6, 6.07) is 9.89. The fourth-order valence-corrected chi connectivity index (χ4v) is 3.11. The molecule has 27 heavy (non-hydrogen) atoms. The number of Topliss-reactive ketones (excluding diaryl/α,β-unsaturated/α-hetero) is 1. The predicted octanol–water partition coefficient (Wildman–Crippen LogP) is 3.37. The molecule has 1 amide bonds. The minimum Gasteiger partial charge on any atom is -0.496 e. The summed E-state index contributed by atoms with van der Waals surface area (Å²) in [7, 11) is 1.50. The van der Waals surface area contributed by atoms with Crippen LogP contribution in [0, 0.1) is 0 Å². The van der Waals surface area contributed by atoms with Gasteiger partial charge in [0.1, 0.15) is 5.75 Å². The summed E-state index contributed by atoms with van der Waals surface area (Å²) in [6.45, 7) is 1.39. The number of nitrogens with one attached hydrogen (secondary N) is 1. The minimum absolute atomic E-state index is 0.0589. The number of amides is 1. The summed E-state index contributed by atoms with van der Waals surface area (Å²) in [5.74, 6) is -0.791. The summed E-state index contributed by atoms with van der Waals surface area (Å²) in [6.07, 6.45) is -0.0589. The number of hydrogen-bond acceptors (Lipinski definition) is 5. The lowest BCUT2D eigenvalue weighted by Crippen LogP contribution is -2.16. The number of carbonyl (C=O) groups is 3. The molecule has 0 spiro atoms. The number of halogens is 1. The number of ketones is 1. The topological polar surface area (TPSA) is 81.7 Å². The van der Waals surface area contributed by atoms with Crippen molar-refractivity contribution in [2.24, 2.45) is 0 Å². The first kappa shape index (κ1) is 18.9. The molecule has 3 rings (SSSR count). The number of methoxy groups -OCH3 is 1. The van der Waals surface area contributed by atoms with Crippen molar-refractivity contribution in [2.45, 2.75) is 19.3 Å². The molecule has 1 atom stereocenters. The van der Waals surface area contributed by atoms with Gasteiger partial charge in [0.2, 0.25) is 5.91 Å². The molecule has 2 aromatic carbocycles. The summed E-state index contributed by atoms with van der Waals surface area (Å²) in [5, 5.41) is 3.22. The van der Waals surface area contributed by atoms with Crippen molar-refractivity contribution >= 4 is 34.9 Å². The molecule has 6 nitrogen and oxygen atoms in total. The Morgan fingerprint density at radius 3 is 2.70 bits per heavy atom. The van der Waals surface area contributed by atoms with Crippen molar-refractivity contribution in [3.05, 3.63) is 58.1 Å². The Balaban J connectivity index is 1.62. The van der Waals surface area contributed by atoms with E-state index in [2.05, 4.69) is 5.32 Å². The molecule has 0 fully saturated rings. The van der Waals surface area contributed by atoms with E-state index in [1.54, 1.807) is 43.3 Å². The summed E-state index contributed by atoms with van der Waals surface area (Å²) < 4.78 is 10.3. The molecule has 140 valence electrons. The van der Waals surface area contributed by atoms with E-state index in [1.165, 1.54) is 7.11 Å². The van der Waals surface area contributed by atoms with E-state index in [0.29, 0.717) is 27.6 Å². The molecular formula is C20H18ClNO5. The normalized spacial score (nSPS) is 15.1. The Morgan fingerprint density at radius 2 is 1.96 bits per heavy atom. The molecule has 0 bridgehead atoms. The highest BCUT2D eigenvalue weighted by Crippen LogP contribution is 2.32. The fourth-order valence-electron chi connectivity index (χ4n) is 2.91. The van der Waals surface area contributed by atoms with Crippen LogP contribution >= 0.6 is 11.6 Å². The molecule has 0 saturated carbocycles. The van der Waals surface area contributed by atoms with Crippen molar-refractivity contribution in [1.29, 1.82) is 0 Å². The van der Waals surface area contributed by atoms with Gasteiger partial charge < -0.3 is 14.8 Å². The molecule has 0 unspecified atom stereocenters. The Morgan fingerprint density at radius 1 is 1.19 bits per heavy atom. The fraction of sp³-hybridized carbons (Fsp3) is 0.250. The lowest BCUT2D eigenvalue weighted by molar-refractivity contribution is -0.141. The van der Waals surface area contributed by atoms with Gasteiger partial charge in [0.05, 0.1) is 19.4 Å². The maximum Gasteiger partial charge on any atom is 0.310 e. The number of fused-ring (bicyclic) bond motifs is 1. The Kier molecular flexibility index (Phi) is 5.46. The molecule has 0 aliphatic carbocycles. The van der Waals surface area contributed by atoms with Gasteiger partial charge in [-0.2, -0.15) is 0 Å². The standard InChI is InChI=1S/C20H18ClNO5/c1-11-15-8-12(3-5-16(15)22-20(11)25)17(23)10-27-19(24)9-13-7-14(21)4-6-18(13)26-2/h3-8,11H,9-10H2,1-2H3,(H,22,25)/t11-/m1/s1. The Bertz CT molecular complexity index is 925. The highest BCUT2D eigenvalue weighted by atomic mass is 35.5. The predicted molar refractivity (Wildman–Crippen MR) is 100 cm³/mol. The summed E-state index contributed by atoms with van der Waals surface area (Å²) >= 11 is 5.94. The van der Waals surface area contributed by atoms with E-state index >= 15 is 0 Å². The third-order valence-electron chi connectivity index (χ3n) is 4.43. The van der Waals surface area contributed by atoms with Gasteiger partial charge in [0.15, 0.2) is 12.4 Å². The molecule has 0 aromatic heterocycles. The SMILES string of the molecule is COc1ccc(Cl)cc1CC(=O)OCC(=O)c1ccc2c(c1)[C@@H](C)C(=O)N2. The van der Waals surface area contributed by atoms with Crippen LogP contribution in [0.25, 0.3) is 0 Å². The Hall–Kier alpha value is -2.86. The highest BCUT2D eigenvalue weighted by molar-refractivity contribution is 6.30. The number of rotatable bonds is 6. The second-order valence-electron chi connectivity index (χ2n) is 6.23. The van der Waals surface area contributed by atoms with Gasteiger partial charge in [-0.1, -0.05) is 11.6 Å². The average Bonchev–Trinajstić information content (AvgIpc) is 2.93. The van der Waals surface area contributed by atoms with Gasteiger partial charge in [0, 0.05) is 21.8 Å². The quantitative estimate of drug-likeness (QED) is 0.607. The van der Waals surface area contributed by atoms with Gasteiger partial charge in [-0.3, -0.25) is 14.4 Å². The van der Waals surface area contributed by atoms with E-state index in [0.717, 1.165) is 5.56 Å². The number of esters is 1. The molecule has 1 heterocycles. The number of ether oxygens (including phenoxy) is 2. The first-order chi connectivity index (χ1) is 12.9. The van der Waals surface area contributed by atoms with E-state index in [4.69, 9.17) is 21.1 Å². The smallest absolute Gasteiger partial charge is 0.310 e. The maximum absolute atomic E-state index is 12.3. The second-order valence-corrected chi connectivity index (χ2v) is 6.67. The number of hydrogen-bond donors (Lipinski definition) is 1. The molecule has 0 saturated heterocycles. The van der Waals surface area contributed by atoms with E-state index in [1.807, 2.05) is 0 Å². The van der Waals surface area contributed by atoms with Gasteiger partial charge in [-0.25, -0.2) is 0 Å². The van der Waals surface area contributed by atoms with Crippen molar-refractivity contribution in [3.8, 4) is 5.75 Å². The van der Waals surface area contributed by atoms with Crippen molar-refractivity contribution < 1.29 is 23.9 Å². The molecule has 1 aliphatic rings. The molecule has 1 aliphatic heterocycles. The van der Waals surface area contributed by atoms with Crippen LogP contribution in [0.3, 0.4) is 0 Å². The van der Waals surface area contributed by atoms with Gasteiger partial charge in [0.25, 0.3) is 0 Å². The summed E-state index contributed by atoms with van der Waals surface area (Å²) in [4.78, 5) is 36.1. The largest absolute Gasteiger partial charge is 0.496 e. The lowest BCUT2D eigenvalue weighted by atomic mass is 9.99. The zero-order chi connectivity index (χ0) is 19.6. The number of benzene rings is 2. The minimum atomic E-state index is -0.560.